The minimum atomic E-state index is 0.0737. The third-order valence-electron chi connectivity index (χ3n) is 5.19. The number of likely N-dealkylation sites (tertiary alicyclic amines) is 1. The van der Waals surface area contributed by atoms with E-state index in [1.165, 1.54) is 0 Å². The van der Waals surface area contributed by atoms with Gasteiger partial charge in [0.2, 0.25) is 0 Å². The van der Waals surface area contributed by atoms with Gasteiger partial charge in [-0.2, -0.15) is 0 Å². The van der Waals surface area contributed by atoms with Crippen molar-refractivity contribution in [3.8, 4) is 0 Å². The molecule has 1 aromatic carbocycles. The lowest BCUT2D eigenvalue weighted by atomic mass is 10.0. The van der Waals surface area contributed by atoms with E-state index in [4.69, 9.17) is 4.98 Å². The number of hydrogen-bond acceptors (Lipinski definition) is 5. The topological polar surface area (TPSA) is 62.2 Å². The number of pyridine rings is 1. The molecule has 2 aromatic heterocycles. The van der Waals surface area contributed by atoms with E-state index in [0.717, 1.165) is 49.2 Å². The van der Waals surface area contributed by atoms with Crippen molar-refractivity contribution in [3.63, 3.8) is 0 Å². The summed E-state index contributed by atoms with van der Waals surface area (Å²) in [6.45, 7) is 2.30. The molecule has 6 heteroatoms. The van der Waals surface area contributed by atoms with Crippen molar-refractivity contribution in [1.29, 1.82) is 0 Å². The van der Waals surface area contributed by atoms with E-state index >= 15 is 0 Å². The van der Waals surface area contributed by atoms with Crippen LogP contribution >= 0.6 is 0 Å². The summed E-state index contributed by atoms with van der Waals surface area (Å²) in [5, 5.41) is 0. The van der Waals surface area contributed by atoms with Crippen molar-refractivity contribution in [2.24, 2.45) is 0 Å². The van der Waals surface area contributed by atoms with Crippen LogP contribution in [0.3, 0.4) is 0 Å². The second-order valence-electron chi connectivity index (χ2n) is 7.03. The van der Waals surface area contributed by atoms with E-state index in [1.54, 1.807) is 18.5 Å². The first-order valence-corrected chi connectivity index (χ1v) is 9.31. The molecular weight excluding hydrogens is 338 g/mol. The normalized spacial score (nSPS) is 15.4. The number of piperidine rings is 1. The summed E-state index contributed by atoms with van der Waals surface area (Å²) in [4.78, 5) is 30.1. The van der Waals surface area contributed by atoms with E-state index < -0.39 is 0 Å². The molecule has 27 heavy (non-hydrogen) atoms. The average molecular weight is 361 g/mol. The van der Waals surface area contributed by atoms with Crippen LogP contribution in [-0.2, 0) is 6.54 Å². The molecule has 1 fully saturated rings. The lowest BCUT2D eigenvalue weighted by molar-refractivity contribution is 0.0638. The number of nitrogens with zero attached hydrogens (tertiary/aromatic N) is 5. The average Bonchev–Trinajstić information content (AvgIpc) is 2.74. The Balaban J connectivity index is 1.35. The highest BCUT2D eigenvalue weighted by Crippen LogP contribution is 2.19. The molecule has 0 aliphatic carbocycles. The van der Waals surface area contributed by atoms with Gasteiger partial charge in [-0.05, 0) is 44.2 Å². The highest BCUT2D eigenvalue weighted by molar-refractivity contribution is 5.93. The molecule has 1 aliphatic rings. The summed E-state index contributed by atoms with van der Waals surface area (Å²) in [6.07, 6.45) is 7.11. The molecule has 3 aromatic rings. The molecule has 1 amide bonds. The third-order valence-corrected chi connectivity index (χ3v) is 5.19. The van der Waals surface area contributed by atoms with Crippen molar-refractivity contribution in [2.45, 2.75) is 25.4 Å². The van der Waals surface area contributed by atoms with Crippen LogP contribution in [0.2, 0.25) is 0 Å². The minimum absolute atomic E-state index is 0.0737. The summed E-state index contributed by atoms with van der Waals surface area (Å²) < 4.78 is 0. The van der Waals surface area contributed by atoms with Gasteiger partial charge in [-0.1, -0.05) is 12.1 Å². The highest BCUT2D eigenvalue weighted by Gasteiger charge is 2.26. The van der Waals surface area contributed by atoms with Gasteiger partial charge < -0.3 is 4.90 Å². The second kappa shape index (κ2) is 7.80. The van der Waals surface area contributed by atoms with Gasteiger partial charge in [-0.25, -0.2) is 4.98 Å². The van der Waals surface area contributed by atoms with Crippen molar-refractivity contribution >= 4 is 16.9 Å². The summed E-state index contributed by atoms with van der Waals surface area (Å²) in [5.74, 6) is 0.0737. The molecular formula is C21H23N5O. The molecule has 0 bridgehead atoms. The number of para-hydroxylation sites is 2. The lowest BCUT2D eigenvalue weighted by Crippen LogP contribution is -2.45. The Kier molecular flexibility index (Phi) is 5.07. The molecule has 0 N–H and O–H groups in total. The first-order chi connectivity index (χ1) is 13.2. The van der Waals surface area contributed by atoms with Crippen molar-refractivity contribution in [2.75, 3.05) is 20.1 Å². The molecule has 0 atom stereocenters. The monoisotopic (exact) mass is 361 g/mol. The molecule has 4 rings (SSSR count). The number of hydrogen-bond donors (Lipinski definition) is 0. The first kappa shape index (κ1) is 17.5. The smallest absolute Gasteiger partial charge is 0.255 e. The van der Waals surface area contributed by atoms with Gasteiger partial charge in [-0.3, -0.25) is 19.7 Å². The Morgan fingerprint density at radius 1 is 1.11 bits per heavy atom. The van der Waals surface area contributed by atoms with Crippen LogP contribution in [0.1, 0.15) is 28.9 Å². The maximum atomic E-state index is 12.5. The summed E-state index contributed by atoms with van der Waals surface area (Å²) in [7, 11) is 2.13. The number of carbonyl (C=O) groups excluding carboxylic acids is 1. The van der Waals surface area contributed by atoms with Crippen LogP contribution in [-0.4, -0.2) is 56.8 Å². The summed E-state index contributed by atoms with van der Waals surface area (Å²) in [5.41, 5.74) is 3.49. The van der Waals surface area contributed by atoms with E-state index in [9.17, 15) is 4.79 Å². The molecule has 0 saturated carbocycles. The number of fused-ring (bicyclic) bond motifs is 1. The fraction of sp³-hybridized carbons (Fsp3) is 0.333. The SMILES string of the molecule is CN(Cc1cnc2ccccc2n1)C1CCN(C(=O)c2cccnc2)CC1. The first-order valence-electron chi connectivity index (χ1n) is 9.31. The zero-order valence-electron chi connectivity index (χ0n) is 15.5. The molecule has 0 radical (unpaired) electrons. The zero-order chi connectivity index (χ0) is 18.6. The molecule has 138 valence electrons. The van der Waals surface area contributed by atoms with Crippen LogP contribution in [0.15, 0.2) is 55.0 Å². The van der Waals surface area contributed by atoms with Gasteiger partial charge in [0.15, 0.2) is 0 Å². The number of benzene rings is 1. The van der Waals surface area contributed by atoms with E-state index in [0.29, 0.717) is 11.6 Å². The van der Waals surface area contributed by atoms with E-state index in [2.05, 4.69) is 21.9 Å². The molecule has 6 nitrogen and oxygen atoms in total. The molecule has 0 unspecified atom stereocenters. The molecule has 3 heterocycles. The Hall–Kier alpha value is -2.86. The fourth-order valence-electron chi connectivity index (χ4n) is 3.64. The van der Waals surface area contributed by atoms with E-state index in [1.807, 2.05) is 41.4 Å². The maximum absolute atomic E-state index is 12.5. The second-order valence-corrected chi connectivity index (χ2v) is 7.03. The number of carbonyl (C=O) groups is 1. The Labute approximate surface area is 158 Å². The molecule has 1 saturated heterocycles. The van der Waals surface area contributed by atoms with Crippen LogP contribution in [0.4, 0.5) is 0 Å². The maximum Gasteiger partial charge on any atom is 0.255 e. The number of amides is 1. The Bertz CT molecular complexity index is 922. The fourth-order valence-corrected chi connectivity index (χ4v) is 3.64. The predicted molar refractivity (Wildman–Crippen MR) is 104 cm³/mol. The third kappa shape index (κ3) is 3.95. The Morgan fingerprint density at radius 3 is 2.63 bits per heavy atom. The van der Waals surface area contributed by atoms with Crippen LogP contribution in [0.5, 0.6) is 0 Å². The molecule has 1 aliphatic heterocycles. The standard InChI is InChI=1S/C21H23N5O/c1-25(15-17-14-23-19-6-2-3-7-20(19)24-17)18-8-11-26(12-9-18)21(27)16-5-4-10-22-13-16/h2-7,10,13-14,18H,8-9,11-12,15H2,1H3. The van der Waals surface area contributed by atoms with Crippen LogP contribution < -0.4 is 0 Å². The van der Waals surface area contributed by atoms with Gasteiger partial charge in [0, 0.05) is 38.1 Å². The summed E-state index contributed by atoms with van der Waals surface area (Å²) >= 11 is 0. The van der Waals surface area contributed by atoms with Gasteiger partial charge in [-0.15, -0.1) is 0 Å². The molecule has 0 spiro atoms. The van der Waals surface area contributed by atoms with Gasteiger partial charge >= 0.3 is 0 Å². The summed E-state index contributed by atoms with van der Waals surface area (Å²) in [6, 6.07) is 12.0. The van der Waals surface area contributed by atoms with Crippen LogP contribution in [0, 0.1) is 0 Å². The lowest BCUT2D eigenvalue weighted by Gasteiger charge is -2.36. The number of aromatic nitrogens is 3. The van der Waals surface area contributed by atoms with Crippen molar-refractivity contribution in [1.82, 2.24) is 24.8 Å². The van der Waals surface area contributed by atoms with Crippen molar-refractivity contribution in [3.05, 3.63) is 66.2 Å². The largest absolute Gasteiger partial charge is 0.338 e. The highest BCUT2D eigenvalue weighted by atomic mass is 16.2. The predicted octanol–water partition coefficient (Wildman–Crippen LogP) is 2.76. The number of rotatable bonds is 4. The van der Waals surface area contributed by atoms with E-state index in [-0.39, 0.29) is 5.91 Å². The zero-order valence-corrected chi connectivity index (χ0v) is 15.5. The van der Waals surface area contributed by atoms with Gasteiger partial charge in [0.05, 0.1) is 28.5 Å². The minimum Gasteiger partial charge on any atom is -0.338 e. The van der Waals surface area contributed by atoms with Gasteiger partial charge in [0.1, 0.15) is 0 Å². The quantitative estimate of drug-likeness (QED) is 0.715. The van der Waals surface area contributed by atoms with Crippen LogP contribution in [0.25, 0.3) is 11.0 Å². The van der Waals surface area contributed by atoms with Gasteiger partial charge in [0.25, 0.3) is 5.91 Å². The Morgan fingerprint density at radius 2 is 1.89 bits per heavy atom. The van der Waals surface area contributed by atoms with Crippen molar-refractivity contribution < 1.29 is 4.79 Å².